The first kappa shape index (κ1) is 14.9. The van der Waals surface area contributed by atoms with Gasteiger partial charge in [0.2, 0.25) is 5.91 Å². The van der Waals surface area contributed by atoms with Crippen LogP contribution in [0.15, 0.2) is 52.8 Å². The molecule has 3 aromatic rings. The number of nitrogens with zero attached hydrogens (tertiary/aromatic N) is 4. The van der Waals surface area contributed by atoms with Gasteiger partial charge in [0.05, 0.1) is 0 Å². The van der Waals surface area contributed by atoms with Gasteiger partial charge in [-0.15, -0.1) is 16.4 Å². The zero-order valence-corrected chi connectivity index (χ0v) is 13.8. The largest absolute Gasteiger partial charge is 0.350 e. The Balaban J connectivity index is 1.49. The summed E-state index contributed by atoms with van der Waals surface area (Å²) < 4.78 is 2.68. The Morgan fingerprint density at radius 3 is 2.88 bits per heavy atom. The molecule has 4 heterocycles. The minimum atomic E-state index is -0.286. The first-order chi connectivity index (χ1) is 11.7. The average molecular weight is 340 g/mol. The first-order valence-electron chi connectivity index (χ1n) is 7.77. The van der Waals surface area contributed by atoms with Crippen LogP contribution < -0.4 is 5.69 Å². The quantitative estimate of drug-likeness (QED) is 0.731. The summed E-state index contributed by atoms with van der Waals surface area (Å²) in [6.45, 7) is 1.22. The van der Waals surface area contributed by atoms with Crippen LogP contribution in [-0.4, -0.2) is 38.1 Å². The van der Waals surface area contributed by atoms with Crippen LogP contribution in [0.25, 0.3) is 11.2 Å². The number of rotatable bonds is 3. The number of thiophene rings is 1. The summed E-state index contributed by atoms with van der Waals surface area (Å²) in [6, 6.07) is 9.47. The second kappa shape index (κ2) is 6.09. The maximum Gasteiger partial charge on any atom is 0.350 e. The normalized spacial score (nSPS) is 14.8. The molecule has 0 radical (unpaired) electrons. The Morgan fingerprint density at radius 1 is 1.25 bits per heavy atom. The number of carbonyl (C=O) groups is 1. The molecule has 6 nitrogen and oxygen atoms in total. The van der Waals surface area contributed by atoms with Crippen molar-refractivity contribution in [3.63, 3.8) is 0 Å². The average Bonchev–Trinajstić information content (AvgIpc) is 3.25. The van der Waals surface area contributed by atoms with E-state index in [1.54, 1.807) is 34.6 Å². The van der Waals surface area contributed by atoms with E-state index in [1.165, 1.54) is 19.5 Å². The molecule has 0 bridgehead atoms. The fraction of sp³-hybridized carbons (Fsp3) is 0.235. The van der Waals surface area contributed by atoms with Crippen molar-refractivity contribution in [2.75, 3.05) is 13.1 Å². The monoisotopic (exact) mass is 340 g/mol. The van der Waals surface area contributed by atoms with E-state index in [0.717, 1.165) is 6.42 Å². The maximum atomic E-state index is 12.5. The van der Waals surface area contributed by atoms with E-state index in [4.69, 9.17) is 0 Å². The summed E-state index contributed by atoms with van der Waals surface area (Å²) in [5.41, 5.74) is 1.55. The third-order valence-electron chi connectivity index (χ3n) is 4.17. The minimum absolute atomic E-state index is 0.0251. The number of aromatic nitrogens is 3. The van der Waals surface area contributed by atoms with Gasteiger partial charge in [0.1, 0.15) is 6.54 Å². The van der Waals surface area contributed by atoms with E-state index < -0.39 is 0 Å². The van der Waals surface area contributed by atoms with E-state index in [-0.39, 0.29) is 18.1 Å². The van der Waals surface area contributed by atoms with Crippen LogP contribution in [-0.2, 0) is 11.3 Å². The van der Waals surface area contributed by atoms with Gasteiger partial charge in [-0.25, -0.2) is 9.48 Å². The van der Waals surface area contributed by atoms with Crippen molar-refractivity contribution in [1.29, 1.82) is 0 Å². The van der Waals surface area contributed by atoms with Crippen molar-refractivity contribution in [2.45, 2.75) is 13.0 Å². The van der Waals surface area contributed by atoms with Crippen molar-refractivity contribution in [2.24, 2.45) is 0 Å². The summed E-state index contributed by atoms with van der Waals surface area (Å²) in [5.74, 6) is -0.0815. The van der Waals surface area contributed by atoms with Crippen LogP contribution >= 0.6 is 11.3 Å². The molecule has 0 fully saturated rings. The van der Waals surface area contributed by atoms with Gasteiger partial charge < -0.3 is 4.90 Å². The van der Waals surface area contributed by atoms with E-state index >= 15 is 0 Å². The molecule has 3 aromatic heterocycles. The second-order valence-electron chi connectivity index (χ2n) is 5.67. The van der Waals surface area contributed by atoms with Crippen LogP contribution in [0.2, 0.25) is 0 Å². The topological polar surface area (TPSA) is 59.6 Å². The lowest BCUT2D eigenvalue weighted by Crippen LogP contribution is -2.39. The summed E-state index contributed by atoms with van der Waals surface area (Å²) >= 11 is 1.72. The van der Waals surface area contributed by atoms with Crippen LogP contribution in [0.4, 0.5) is 0 Å². The van der Waals surface area contributed by atoms with Crippen LogP contribution in [0.5, 0.6) is 0 Å². The van der Waals surface area contributed by atoms with Crippen molar-refractivity contribution in [1.82, 2.24) is 19.1 Å². The summed E-state index contributed by atoms with van der Waals surface area (Å²) in [7, 11) is 0. The summed E-state index contributed by atoms with van der Waals surface area (Å²) in [4.78, 5) is 27.8. The molecule has 0 unspecified atom stereocenters. The third kappa shape index (κ3) is 2.67. The molecule has 24 heavy (non-hydrogen) atoms. The van der Waals surface area contributed by atoms with Gasteiger partial charge in [-0.05, 0) is 35.6 Å². The van der Waals surface area contributed by atoms with Crippen molar-refractivity contribution < 1.29 is 4.79 Å². The fourth-order valence-corrected chi connectivity index (χ4v) is 3.68. The van der Waals surface area contributed by atoms with Crippen molar-refractivity contribution >= 4 is 28.5 Å². The molecule has 0 N–H and O–H groups in total. The number of pyridine rings is 1. The third-order valence-corrected chi connectivity index (χ3v) is 5.12. The molecule has 0 saturated carbocycles. The first-order valence-corrected chi connectivity index (χ1v) is 8.65. The Bertz CT molecular complexity index is 968. The summed E-state index contributed by atoms with van der Waals surface area (Å²) in [6.07, 6.45) is 4.59. The fourth-order valence-electron chi connectivity index (χ4n) is 2.88. The Labute approximate surface area is 142 Å². The molecule has 1 aliphatic heterocycles. The predicted octanol–water partition coefficient (Wildman–Crippen LogP) is 1.87. The van der Waals surface area contributed by atoms with Crippen LogP contribution in [0.1, 0.15) is 11.3 Å². The van der Waals surface area contributed by atoms with Gasteiger partial charge in [0.15, 0.2) is 5.65 Å². The Morgan fingerprint density at radius 2 is 2.17 bits per heavy atom. The van der Waals surface area contributed by atoms with E-state index in [0.29, 0.717) is 18.7 Å². The highest BCUT2D eigenvalue weighted by Crippen LogP contribution is 2.26. The molecule has 0 aromatic carbocycles. The summed E-state index contributed by atoms with van der Waals surface area (Å²) in [5, 5.41) is 6.27. The molecule has 0 spiro atoms. The number of fused-ring (bicyclic) bond motifs is 1. The standard InChI is InChI=1S/C17H16N4O2S/c22-16(12-21-17(23)20-8-2-1-5-15(20)18-21)19-9-6-13(7-10-19)14-4-3-11-24-14/h1-6,8,11H,7,9-10,12H2. The molecule has 7 heteroatoms. The molecule has 1 aliphatic rings. The number of amides is 1. The lowest BCUT2D eigenvalue weighted by molar-refractivity contribution is -0.131. The second-order valence-corrected chi connectivity index (χ2v) is 6.61. The lowest BCUT2D eigenvalue weighted by Gasteiger charge is -2.26. The van der Waals surface area contributed by atoms with Gasteiger partial charge >= 0.3 is 5.69 Å². The van der Waals surface area contributed by atoms with Gasteiger partial charge in [0, 0.05) is 24.2 Å². The molecular formula is C17H16N4O2S. The Hall–Kier alpha value is -2.67. The molecule has 0 atom stereocenters. The van der Waals surface area contributed by atoms with E-state index in [1.807, 2.05) is 12.1 Å². The van der Waals surface area contributed by atoms with Gasteiger partial charge in [-0.3, -0.25) is 9.20 Å². The molecule has 1 amide bonds. The van der Waals surface area contributed by atoms with Crippen molar-refractivity contribution in [3.05, 3.63) is 63.3 Å². The predicted molar refractivity (Wildman–Crippen MR) is 92.9 cm³/mol. The minimum Gasteiger partial charge on any atom is -0.337 e. The molecule has 122 valence electrons. The number of carbonyl (C=O) groups excluding carboxylic acids is 1. The molecule has 0 aliphatic carbocycles. The van der Waals surface area contributed by atoms with Crippen LogP contribution in [0.3, 0.4) is 0 Å². The van der Waals surface area contributed by atoms with Crippen LogP contribution in [0, 0.1) is 0 Å². The maximum absolute atomic E-state index is 12.5. The zero-order chi connectivity index (χ0) is 16.5. The molecule has 4 rings (SSSR count). The van der Waals surface area contributed by atoms with Gasteiger partial charge in [0.25, 0.3) is 0 Å². The zero-order valence-electron chi connectivity index (χ0n) is 13.0. The molecular weight excluding hydrogens is 324 g/mol. The van der Waals surface area contributed by atoms with E-state index in [2.05, 4.69) is 22.6 Å². The highest BCUT2D eigenvalue weighted by Gasteiger charge is 2.20. The smallest absolute Gasteiger partial charge is 0.337 e. The Kier molecular flexibility index (Phi) is 3.78. The highest BCUT2D eigenvalue weighted by atomic mass is 32.1. The number of hydrogen-bond donors (Lipinski definition) is 0. The molecule has 0 saturated heterocycles. The number of hydrogen-bond acceptors (Lipinski definition) is 4. The highest BCUT2D eigenvalue weighted by molar-refractivity contribution is 7.11. The SMILES string of the molecule is O=C(Cn1nc2ccccn2c1=O)N1CC=C(c2cccs2)CC1. The van der Waals surface area contributed by atoms with Gasteiger partial charge in [-0.1, -0.05) is 18.2 Å². The van der Waals surface area contributed by atoms with Gasteiger partial charge in [-0.2, -0.15) is 0 Å². The lowest BCUT2D eigenvalue weighted by atomic mass is 10.1. The van der Waals surface area contributed by atoms with E-state index in [9.17, 15) is 9.59 Å². The van der Waals surface area contributed by atoms with Crippen molar-refractivity contribution in [3.8, 4) is 0 Å².